The van der Waals surface area contributed by atoms with Crippen LogP contribution in [0.1, 0.15) is 25.0 Å². The van der Waals surface area contributed by atoms with Crippen LogP contribution >= 0.6 is 0 Å². The maximum atomic E-state index is 12.6. The number of nitrogens with two attached hydrogens (primary N) is 1. The molecule has 1 aliphatic rings. The Labute approximate surface area is 120 Å². The Morgan fingerprint density at radius 1 is 1.33 bits per heavy atom. The zero-order valence-electron chi connectivity index (χ0n) is 11.4. The molecule has 1 fully saturated rings. The molecule has 0 bridgehead atoms. The van der Waals surface area contributed by atoms with E-state index in [1.54, 1.807) is 0 Å². The molecule has 2 rings (SSSR count). The number of nitrogen functional groups attached to an aromatic ring is 1. The van der Waals surface area contributed by atoms with Gasteiger partial charge >= 0.3 is 6.18 Å². The van der Waals surface area contributed by atoms with Crippen molar-refractivity contribution >= 4 is 11.8 Å². The Kier molecular flexibility index (Phi) is 5.18. The number of alkyl halides is 3. The lowest BCUT2D eigenvalue weighted by Gasteiger charge is -2.11. The second kappa shape index (κ2) is 6.90. The quantitative estimate of drug-likeness (QED) is 0.387. The minimum Gasteiger partial charge on any atom is -0.381 e. The van der Waals surface area contributed by atoms with Crippen LogP contribution in [0.25, 0.3) is 0 Å². The molecule has 0 unspecified atom stereocenters. The largest absolute Gasteiger partial charge is 0.433 e. The third kappa shape index (κ3) is 5.35. The summed E-state index contributed by atoms with van der Waals surface area (Å²) in [4.78, 5) is 7.09. The highest BCUT2D eigenvalue weighted by Gasteiger charge is 2.33. The van der Waals surface area contributed by atoms with E-state index >= 15 is 0 Å². The summed E-state index contributed by atoms with van der Waals surface area (Å²) >= 11 is 0. The minimum absolute atomic E-state index is 0.0764. The Morgan fingerprint density at radius 3 is 2.71 bits per heavy atom. The first-order valence-corrected chi connectivity index (χ1v) is 6.73. The fourth-order valence-corrected chi connectivity index (χ4v) is 1.67. The molecule has 0 saturated heterocycles. The van der Waals surface area contributed by atoms with E-state index in [4.69, 9.17) is 10.6 Å². The van der Waals surface area contributed by atoms with Gasteiger partial charge in [0.1, 0.15) is 5.82 Å². The molecule has 1 heterocycles. The van der Waals surface area contributed by atoms with E-state index in [1.807, 2.05) is 5.43 Å². The zero-order valence-corrected chi connectivity index (χ0v) is 11.4. The van der Waals surface area contributed by atoms with Crippen LogP contribution in [0, 0.1) is 5.92 Å². The number of nitrogens with one attached hydrogen (secondary N) is 2. The number of ether oxygens (including phenoxy) is 1. The van der Waals surface area contributed by atoms with Gasteiger partial charge in [-0.05, 0) is 25.2 Å². The molecule has 21 heavy (non-hydrogen) atoms. The van der Waals surface area contributed by atoms with E-state index in [-0.39, 0.29) is 11.8 Å². The topological polar surface area (TPSA) is 85.1 Å². The highest BCUT2D eigenvalue weighted by molar-refractivity contribution is 5.42. The first-order valence-electron chi connectivity index (χ1n) is 6.73. The lowest BCUT2D eigenvalue weighted by Crippen LogP contribution is -2.17. The van der Waals surface area contributed by atoms with E-state index in [9.17, 15) is 13.2 Å². The van der Waals surface area contributed by atoms with Crippen LogP contribution in [-0.4, -0.2) is 29.7 Å². The number of hydrazine groups is 1. The molecule has 1 aromatic rings. The lowest BCUT2D eigenvalue weighted by atomic mass is 10.3. The van der Waals surface area contributed by atoms with Crippen molar-refractivity contribution in [2.75, 3.05) is 30.5 Å². The summed E-state index contributed by atoms with van der Waals surface area (Å²) < 4.78 is 43.4. The third-order valence-corrected chi connectivity index (χ3v) is 2.97. The van der Waals surface area contributed by atoms with Gasteiger partial charge < -0.3 is 10.1 Å². The summed E-state index contributed by atoms with van der Waals surface area (Å²) in [5.74, 6) is 5.57. The van der Waals surface area contributed by atoms with Gasteiger partial charge in [-0.3, -0.25) is 5.43 Å². The Balaban J connectivity index is 1.80. The summed E-state index contributed by atoms with van der Waals surface area (Å²) in [5.41, 5.74) is 0.979. The van der Waals surface area contributed by atoms with E-state index in [0.717, 1.165) is 12.7 Å². The molecule has 0 aliphatic heterocycles. The van der Waals surface area contributed by atoms with Crippen LogP contribution in [0.4, 0.5) is 24.9 Å². The minimum atomic E-state index is -4.54. The zero-order chi connectivity index (χ0) is 15.3. The van der Waals surface area contributed by atoms with Gasteiger partial charge in [-0.2, -0.15) is 18.2 Å². The van der Waals surface area contributed by atoms with Crippen molar-refractivity contribution in [3.8, 4) is 0 Å². The van der Waals surface area contributed by atoms with Crippen LogP contribution in [0.3, 0.4) is 0 Å². The third-order valence-electron chi connectivity index (χ3n) is 2.97. The number of nitrogens with zero attached hydrogens (tertiary/aromatic N) is 2. The molecule has 6 nitrogen and oxygen atoms in total. The van der Waals surface area contributed by atoms with Gasteiger partial charge in [0.2, 0.25) is 5.95 Å². The number of hydrogen-bond acceptors (Lipinski definition) is 6. The maximum Gasteiger partial charge on any atom is 0.433 e. The van der Waals surface area contributed by atoms with E-state index < -0.39 is 11.9 Å². The summed E-state index contributed by atoms with van der Waals surface area (Å²) in [6.45, 7) is 1.80. The smallest absolute Gasteiger partial charge is 0.381 e. The number of rotatable bonds is 8. The molecule has 0 radical (unpaired) electrons. The molecule has 0 aromatic carbocycles. The van der Waals surface area contributed by atoms with Crippen LogP contribution < -0.4 is 16.6 Å². The molecule has 0 atom stereocenters. The van der Waals surface area contributed by atoms with Gasteiger partial charge in [-0.25, -0.2) is 10.8 Å². The molecule has 4 N–H and O–H groups in total. The van der Waals surface area contributed by atoms with Crippen molar-refractivity contribution in [1.29, 1.82) is 0 Å². The fraction of sp³-hybridized carbons (Fsp3) is 0.667. The van der Waals surface area contributed by atoms with Gasteiger partial charge in [0.05, 0.1) is 0 Å². The van der Waals surface area contributed by atoms with E-state index in [1.165, 1.54) is 12.8 Å². The standard InChI is InChI=1S/C12H18F3N5O/c13-12(14,15)9-6-10(19-11(18-9)20-16)17-4-1-5-21-7-8-2-3-8/h6,8H,1-5,7,16H2,(H2,17,18,19,20). The first kappa shape index (κ1) is 15.8. The number of aromatic nitrogens is 2. The number of anilines is 2. The molecule has 1 aromatic heterocycles. The fourth-order valence-electron chi connectivity index (χ4n) is 1.67. The maximum absolute atomic E-state index is 12.6. The molecule has 118 valence electrons. The molecule has 9 heteroatoms. The van der Waals surface area contributed by atoms with Crippen molar-refractivity contribution in [3.63, 3.8) is 0 Å². The molecule has 0 amide bonds. The van der Waals surface area contributed by atoms with Crippen LogP contribution in [0.2, 0.25) is 0 Å². The van der Waals surface area contributed by atoms with Crippen molar-refractivity contribution in [3.05, 3.63) is 11.8 Å². The Bertz CT molecular complexity index is 465. The monoisotopic (exact) mass is 305 g/mol. The van der Waals surface area contributed by atoms with Crippen molar-refractivity contribution < 1.29 is 17.9 Å². The highest BCUT2D eigenvalue weighted by atomic mass is 19.4. The van der Waals surface area contributed by atoms with E-state index in [0.29, 0.717) is 25.5 Å². The summed E-state index contributed by atoms with van der Waals surface area (Å²) in [7, 11) is 0. The molecular weight excluding hydrogens is 287 g/mol. The highest BCUT2D eigenvalue weighted by Crippen LogP contribution is 2.30. The first-order chi connectivity index (χ1) is 9.99. The predicted molar refractivity (Wildman–Crippen MR) is 71.5 cm³/mol. The van der Waals surface area contributed by atoms with Gasteiger partial charge in [0.15, 0.2) is 5.69 Å². The Hall–Kier alpha value is -1.61. The predicted octanol–water partition coefficient (Wildman–Crippen LogP) is 2.01. The second-order valence-corrected chi connectivity index (χ2v) is 4.90. The Morgan fingerprint density at radius 2 is 2.10 bits per heavy atom. The van der Waals surface area contributed by atoms with Gasteiger partial charge in [-0.15, -0.1) is 0 Å². The molecular formula is C12H18F3N5O. The SMILES string of the molecule is NNc1nc(NCCCOCC2CC2)cc(C(F)(F)F)n1. The van der Waals surface area contributed by atoms with E-state index in [2.05, 4.69) is 15.3 Å². The normalized spacial score (nSPS) is 15.0. The van der Waals surface area contributed by atoms with Crippen LogP contribution in [-0.2, 0) is 10.9 Å². The van der Waals surface area contributed by atoms with Gasteiger partial charge in [0, 0.05) is 25.8 Å². The van der Waals surface area contributed by atoms with Gasteiger partial charge in [-0.1, -0.05) is 0 Å². The molecule has 1 saturated carbocycles. The van der Waals surface area contributed by atoms with Gasteiger partial charge in [0.25, 0.3) is 0 Å². The summed E-state index contributed by atoms with van der Waals surface area (Å²) in [6.07, 6.45) is -1.40. The van der Waals surface area contributed by atoms with Crippen LogP contribution in [0.15, 0.2) is 6.07 Å². The average Bonchev–Trinajstić information content (AvgIpc) is 3.25. The number of hydrogen-bond donors (Lipinski definition) is 3. The molecule has 0 spiro atoms. The van der Waals surface area contributed by atoms with Crippen molar-refractivity contribution in [2.24, 2.45) is 11.8 Å². The molecule has 1 aliphatic carbocycles. The lowest BCUT2D eigenvalue weighted by molar-refractivity contribution is -0.141. The summed E-state index contributed by atoms with van der Waals surface area (Å²) in [5, 5.41) is 2.81. The average molecular weight is 305 g/mol. The van der Waals surface area contributed by atoms with Crippen molar-refractivity contribution in [1.82, 2.24) is 9.97 Å². The van der Waals surface area contributed by atoms with Crippen LogP contribution in [0.5, 0.6) is 0 Å². The van der Waals surface area contributed by atoms with Crippen molar-refractivity contribution in [2.45, 2.75) is 25.4 Å². The number of halogens is 3. The summed E-state index contributed by atoms with van der Waals surface area (Å²) in [6, 6.07) is 0.853. The second-order valence-electron chi connectivity index (χ2n) is 4.90.